The highest BCUT2D eigenvalue weighted by molar-refractivity contribution is 5.78. The first-order valence-corrected chi connectivity index (χ1v) is 6.74. The maximum absolute atomic E-state index is 2.30. The number of nitrogens with zero attached hydrogens (tertiary/aromatic N) is 2. The highest BCUT2D eigenvalue weighted by Crippen LogP contribution is 2.19. The van der Waals surface area contributed by atoms with E-state index in [1.54, 1.807) is 0 Å². The maximum atomic E-state index is 2.30. The van der Waals surface area contributed by atoms with Crippen LogP contribution in [0.5, 0.6) is 0 Å². The fraction of sp³-hybridized carbons (Fsp3) is 0.235. The molecule has 3 heteroatoms. The van der Waals surface area contributed by atoms with E-state index in [1.807, 2.05) is 0 Å². The van der Waals surface area contributed by atoms with Crippen molar-refractivity contribution in [3.8, 4) is 0 Å². The molecule has 2 nitrogen and oxygen atoms in total. The molecule has 1 heterocycles. The molecule has 0 saturated carbocycles. The van der Waals surface area contributed by atoms with Crippen LogP contribution >= 0.6 is 0 Å². The van der Waals surface area contributed by atoms with Crippen molar-refractivity contribution in [3.05, 3.63) is 59.7 Å². The number of benzene rings is 2. The smallest absolute Gasteiger partial charge is 0.244 e. The molecule has 0 aliphatic carbocycles. The molecule has 1 aliphatic heterocycles. The van der Waals surface area contributed by atoms with Crippen molar-refractivity contribution in [2.24, 2.45) is 0 Å². The Morgan fingerprint density at radius 3 is 2.00 bits per heavy atom. The Hall–Kier alpha value is -1.80. The van der Waals surface area contributed by atoms with E-state index in [-0.39, 0.29) is 12.4 Å². The minimum atomic E-state index is 0. The van der Waals surface area contributed by atoms with Crippen molar-refractivity contribution >= 4 is 17.7 Å². The number of hydrogen-bond donors (Lipinski definition) is 0. The van der Waals surface area contributed by atoms with Crippen LogP contribution in [0.15, 0.2) is 48.5 Å². The highest BCUT2D eigenvalue weighted by Gasteiger charge is 2.21. The molecule has 2 aromatic carbocycles. The molecular weight excluding hydrogens is 268 g/mol. The molecular formula is C17H19ClN2. The van der Waals surface area contributed by atoms with E-state index >= 15 is 0 Å². The molecule has 0 atom stereocenters. The topological polar surface area (TPSA) is 6.25 Å². The van der Waals surface area contributed by atoms with Gasteiger partial charge in [0.1, 0.15) is 24.5 Å². The van der Waals surface area contributed by atoms with Gasteiger partial charge < -0.3 is 12.4 Å². The summed E-state index contributed by atoms with van der Waals surface area (Å²) in [6.07, 6.45) is 2.20. The van der Waals surface area contributed by atoms with Crippen LogP contribution in [0.1, 0.15) is 11.1 Å². The molecule has 0 amide bonds. The summed E-state index contributed by atoms with van der Waals surface area (Å²) >= 11 is 0. The van der Waals surface area contributed by atoms with Crippen LogP contribution in [0.4, 0.5) is 11.4 Å². The lowest BCUT2D eigenvalue weighted by Gasteiger charge is -2.05. The lowest BCUT2D eigenvalue weighted by Crippen LogP contribution is -3.00. The fourth-order valence-corrected chi connectivity index (χ4v) is 2.36. The second-order valence-corrected chi connectivity index (χ2v) is 5.17. The van der Waals surface area contributed by atoms with Gasteiger partial charge in [-0.2, -0.15) is 0 Å². The van der Waals surface area contributed by atoms with Gasteiger partial charge in [-0.1, -0.05) is 35.4 Å². The Balaban J connectivity index is 0.00000147. The molecule has 0 bridgehead atoms. The van der Waals surface area contributed by atoms with Crippen molar-refractivity contribution in [1.29, 1.82) is 0 Å². The Labute approximate surface area is 126 Å². The number of rotatable bonds is 2. The SMILES string of the molecule is Cc1ccc(N2C=[N+](c3ccc(C)cc3)CC2)cc1.[Cl-]. The van der Waals surface area contributed by atoms with E-state index in [1.165, 1.54) is 22.5 Å². The third-order valence-electron chi connectivity index (χ3n) is 3.59. The van der Waals surface area contributed by atoms with E-state index in [9.17, 15) is 0 Å². The molecule has 0 unspecified atom stereocenters. The van der Waals surface area contributed by atoms with Crippen molar-refractivity contribution in [1.82, 2.24) is 0 Å². The van der Waals surface area contributed by atoms with Gasteiger partial charge in [0.15, 0.2) is 0 Å². The van der Waals surface area contributed by atoms with Gasteiger partial charge in [0, 0.05) is 0 Å². The summed E-state index contributed by atoms with van der Waals surface area (Å²) in [5.41, 5.74) is 5.14. The van der Waals surface area contributed by atoms with E-state index < -0.39 is 0 Å². The van der Waals surface area contributed by atoms with Crippen LogP contribution < -0.4 is 17.3 Å². The van der Waals surface area contributed by atoms with Gasteiger partial charge >= 0.3 is 0 Å². The van der Waals surface area contributed by atoms with Crippen LogP contribution in [-0.4, -0.2) is 24.0 Å². The van der Waals surface area contributed by atoms with Crippen molar-refractivity contribution in [2.45, 2.75) is 13.8 Å². The third-order valence-corrected chi connectivity index (χ3v) is 3.59. The van der Waals surface area contributed by atoms with Gasteiger partial charge in [-0.05, 0) is 38.1 Å². The quantitative estimate of drug-likeness (QED) is 0.729. The van der Waals surface area contributed by atoms with Gasteiger partial charge in [-0.25, -0.2) is 9.48 Å². The summed E-state index contributed by atoms with van der Waals surface area (Å²) in [4.78, 5) is 2.30. The standard InChI is InChI=1S/C17H19N2.ClH/c1-14-3-7-16(8-4-14)18-11-12-19(13-18)17-9-5-15(2)6-10-17;/h3-10,13H,11-12H2,1-2H3;1H/q+1;/p-1. The minimum Gasteiger partial charge on any atom is -1.00 e. The molecule has 0 N–H and O–H groups in total. The maximum Gasteiger partial charge on any atom is 0.244 e. The summed E-state index contributed by atoms with van der Waals surface area (Å²) in [6.45, 7) is 6.32. The molecule has 1 aliphatic rings. The summed E-state index contributed by atoms with van der Waals surface area (Å²) in [7, 11) is 0. The molecule has 20 heavy (non-hydrogen) atoms. The van der Waals surface area contributed by atoms with Crippen LogP contribution in [0, 0.1) is 13.8 Å². The minimum absolute atomic E-state index is 0. The number of anilines is 1. The lowest BCUT2D eigenvalue weighted by molar-refractivity contribution is -0.424. The largest absolute Gasteiger partial charge is 1.00 e. The molecule has 104 valence electrons. The predicted octanol–water partition coefficient (Wildman–Crippen LogP) is 0.500. The van der Waals surface area contributed by atoms with Gasteiger partial charge in [0.05, 0.1) is 0 Å². The first-order chi connectivity index (χ1) is 9.22. The predicted molar refractivity (Wildman–Crippen MR) is 80.6 cm³/mol. The Bertz CT molecular complexity index is 600. The molecule has 0 saturated heterocycles. The molecule has 0 fully saturated rings. The second kappa shape index (κ2) is 6.10. The zero-order valence-corrected chi connectivity index (χ0v) is 12.6. The van der Waals surface area contributed by atoms with Crippen LogP contribution in [0.25, 0.3) is 0 Å². The third kappa shape index (κ3) is 3.02. The number of halogens is 1. The second-order valence-electron chi connectivity index (χ2n) is 5.17. The van der Waals surface area contributed by atoms with E-state index in [0.717, 1.165) is 13.1 Å². The number of aryl methyl sites for hydroxylation is 2. The Morgan fingerprint density at radius 2 is 1.40 bits per heavy atom. The Kier molecular flexibility index (Phi) is 4.46. The van der Waals surface area contributed by atoms with Crippen molar-refractivity contribution in [3.63, 3.8) is 0 Å². The first kappa shape index (κ1) is 14.6. The van der Waals surface area contributed by atoms with Crippen molar-refractivity contribution < 1.29 is 17.0 Å². The number of hydrogen-bond acceptors (Lipinski definition) is 1. The van der Waals surface area contributed by atoms with Crippen LogP contribution in [0.2, 0.25) is 0 Å². The first-order valence-electron chi connectivity index (χ1n) is 6.74. The average Bonchev–Trinajstić information content (AvgIpc) is 2.90. The average molecular weight is 287 g/mol. The summed E-state index contributed by atoms with van der Waals surface area (Å²) in [6, 6.07) is 17.4. The zero-order valence-electron chi connectivity index (χ0n) is 11.9. The van der Waals surface area contributed by atoms with Gasteiger partial charge in [0.25, 0.3) is 0 Å². The van der Waals surface area contributed by atoms with E-state index in [2.05, 4.69) is 78.2 Å². The molecule has 0 aromatic heterocycles. The summed E-state index contributed by atoms with van der Waals surface area (Å²) in [5.74, 6) is 0. The molecule has 0 spiro atoms. The van der Waals surface area contributed by atoms with Gasteiger partial charge in [-0.3, -0.25) is 0 Å². The van der Waals surface area contributed by atoms with E-state index in [4.69, 9.17) is 0 Å². The molecule has 3 rings (SSSR count). The summed E-state index contributed by atoms with van der Waals surface area (Å²) in [5, 5.41) is 0. The zero-order chi connectivity index (χ0) is 13.2. The Morgan fingerprint density at radius 1 is 0.850 bits per heavy atom. The lowest BCUT2D eigenvalue weighted by atomic mass is 10.2. The monoisotopic (exact) mass is 286 g/mol. The summed E-state index contributed by atoms with van der Waals surface area (Å²) < 4.78 is 2.30. The van der Waals surface area contributed by atoms with E-state index in [0.29, 0.717) is 0 Å². The fourth-order valence-electron chi connectivity index (χ4n) is 2.36. The highest BCUT2D eigenvalue weighted by atomic mass is 35.5. The van der Waals surface area contributed by atoms with Crippen molar-refractivity contribution in [2.75, 3.05) is 18.0 Å². The molecule has 2 aromatic rings. The normalized spacial score (nSPS) is 13.9. The molecule has 0 radical (unpaired) electrons. The van der Waals surface area contributed by atoms with Gasteiger partial charge in [0.2, 0.25) is 6.34 Å². The van der Waals surface area contributed by atoms with Crippen LogP contribution in [-0.2, 0) is 0 Å². The van der Waals surface area contributed by atoms with Crippen LogP contribution in [0.3, 0.4) is 0 Å². The van der Waals surface area contributed by atoms with Gasteiger partial charge in [-0.15, -0.1) is 0 Å².